The Balaban J connectivity index is 2.36. The summed E-state index contributed by atoms with van der Waals surface area (Å²) in [5, 5.41) is 23.6. The summed E-state index contributed by atoms with van der Waals surface area (Å²) >= 11 is 0. The molecule has 0 radical (unpaired) electrons. The van der Waals surface area contributed by atoms with Gasteiger partial charge < -0.3 is 20.1 Å². The first kappa shape index (κ1) is 18.1. The number of aromatic nitrogens is 2. The van der Waals surface area contributed by atoms with Crippen LogP contribution in [-0.4, -0.2) is 43.3 Å². The summed E-state index contributed by atoms with van der Waals surface area (Å²) < 4.78 is 1.52. The predicted octanol–water partition coefficient (Wildman–Crippen LogP) is 1.92. The molecule has 1 aliphatic heterocycles. The van der Waals surface area contributed by atoms with E-state index in [4.69, 9.17) is 0 Å². The number of carboxylic acids is 2. The second kappa shape index (κ2) is 6.25. The average molecular weight is 357 g/mol. The fraction of sp³-hybridized carbons (Fsp3) is 0.421. The normalized spacial score (nSPS) is 30.7. The fourth-order valence-electron chi connectivity index (χ4n) is 4.55. The number of rotatable bonds is 4. The topological polar surface area (TPSA) is 104 Å². The smallest absolute Gasteiger partial charge is 0.332 e. The highest BCUT2D eigenvalue weighted by atomic mass is 16.4. The number of carboxylic acid groups (broad SMARTS) is 2. The number of benzene rings is 1. The predicted molar refractivity (Wildman–Crippen MR) is 94.8 cm³/mol. The maximum Gasteiger partial charge on any atom is 0.332 e. The largest absolute Gasteiger partial charge is 0.481 e. The van der Waals surface area contributed by atoms with Crippen molar-refractivity contribution in [2.24, 2.45) is 5.92 Å². The minimum absolute atomic E-state index is 0.537. The number of hydrogen-bond donors (Lipinski definition) is 3. The molecule has 1 aromatic carbocycles. The average Bonchev–Trinajstić information content (AvgIpc) is 3.08. The molecule has 4 unspecified atom stereocenters. The first-order valence-electron chi connectivity index (χ1n) is 8.50. The zero-order valence-electron chi connectivity index (χ0n) is 15.0. The molecule has 0 spiro atoms. The van der Waals surface area contributed by atoms with Crippen LogP contribution >= 0.6 is 0 Å². The van der Waals surface area contributed by atoms with Gasteiger partial charge in [0.25, 0.3) is 0 Å². The molecule has 138 valence electrons. The molecule has 7 nitrogen and oxygen atoms in total. The van der Waals surface area contributed by atoms with Crippen LogP contribution in [0.5, 0.6) is 0 Å². The summed E-state index contributed by atoms with van der Waals surface area (Å²) in [6.07, 6.45) is 4.54. The van der Waals surface area contributed by atoms with Crippen LogP contribution in [0.4, 0.5) is 0 Å². The lowest BCUT2D eigenvalue weighted by Gasteiger charge is -2.55. The Hall–Kier alpha value is -2.67. The maximum atomic E-state index is 12.7. The van der Waals surface area contributed by atoms with Gasteiger partial charge in [0.15, 0.2) is 5.54 Å². The van der Waals surface area contributed by atoms with E-state index in [9.17, 15) is 19.8 Å². The Kier molecular flexibility index (Phi) is 4.36. The zero-order valence-corrected chi connectivity index (χ0v) is 15.0. The van der Waals surface area contributed by atoms with Crippen LogP contribution in [0, 0.1) is 5.92 Å². The number of imidazole rings is 1. The molecule has 4 atom stereocenters. The van der Waals surface area contributed by atoms with Crippen LogP contribution in [0.2, 0.25) is 0 Å². The summed E-state index contributed by atoms with van der Waals surface area (Å²) in [5.74, 6) is -3.88. The first-order valence-corrected chi connectivity index (χ1v) is 8.50. The van der Waals surface area contributed by atoms with Gasteiger partial charge in [-0.2, -0.15) is 0 Å². The van der Waals surface area contributed by atoms with E-state index in [2.05, 4.69) is 10.3 Å². The van der Waals surface area contributed by atoms with Crippen molar-refractivity contribution in [1.82, 2.24) is 14.9 Å². The minimum Gasteiger partial charge on any atom is -0.481 e. The van der Waals surface area contributed by atoms with E-state index in [1.807, 2.05) is 6.07 Å². The van der Waals surface area contributed by atoms with Crippen LogP contribution < -0.4 is 5.32 Å². The van der Waals surface area contributed by atoms with Crippen molar-refractivity contribution in [2.45, 2.75) is 43.8 Å². The second-order valence-corrected chi connectivity index (χ2v) is 7.39. The lowest BCUT2D eigenvalue weighted by molar-refractivity contribution is -0.162. The standard InChI is InChI=1S/C19H23N3O4/c1-12-19(17(25)26,22-10-9-20-11-22)14(13-7-5-4-6-8-13)15(16(23)24)18(2,3)21-12/h4-12,14-15,21H,1-3H3,(H,23,24)(H,25,26). The summed E-state index contributed by atoms with van der Waals surface area (Å²) in [7, 11) is 0. The van der Waals surface area contributed by atoms with Crippen LogP contribution in [0.15, 0.2) is 49.1 Å². The highest BCUT2D eigenvalue weighted by Crippen LogP contribution is 2.50. The van der Waals surface area contributed by atoms with Crippen LogP contribution in [-0.2, 0) is 15.1 Å². The molecule has 3 N–H and O–H groups in total. The summed E-state index contributed by atoms with van der Waals surface area (Å²) in [5.41, 5.74) is -1.65. The molecule has 2 heterocycles. The quantitative estimate of drug-likeness (QED) is 0.772. The van der Waals surface area contributed by atoms with Gasteiger partial charge in [-0.05, 0) is 26.3 Å². The van der Waals surface area contributed by atoms with Gasteiger partial charge >= 0.3 is 11.9 Å². The first-order chi connectivity index (χ1) is 12.2. The van der Waals surface area contributed by atoms with Gasteiger partial charge in [-0.3, -0.25) is 4.79 Å². The third-order valence-corrected chi connectivity index (χ3v) is 5.53. The molecule has 1 fully saturated rings. The van der Waals surface area contributed by atoms with Gasteiger partial charge in [-0.25, -0.2) is 9.78 Å². The highest BCUT2D eigenvalue weighted by molar-refractivity contribution is 5.83. The molecule has 1 aliphatic rings. The Morgan fingerprint density at radius 2 is 1.85 bits per heavy atom. The third-order valence-electron chi connectivity index (χ3n) is 5.53. The number of carbonyl (C=O) groups is 2. The van der Waals surface area contributed by atoms with E-state index in [1.54, 1.807) is 51.2 Å². The molecule has 0 bridgehead atoms. The summed E-state index contributed by atoms with van der Waals surface area (Å²) in [4.78, 5) is 29.0. The van der Waals surface area contributed by atoms with Crippen LogP contribution in [0.1, 0.15) is 32.3 Å². The molecular weight excluding hydrogens is 334 g/mol. The number of nitrogens with zero attached hydrogens (tertiary/aromatic N) is 2. The minimum atomic E-state index is -1.53. The molecule has 1 aromatic heterocycles. The van der Waals surface area contributed by atoms with Gasteiger partial charge in [-0.1, -0.05) is 30.3 Å². The fourth-order valence-corrected chi connectivity index (χ4v) is 4.55. The lowest BCUT2D eigenvalue weighted by Crippen LogP contribution is -2.72. The zero-order chi connectivity index (χ0) is 19.1. The van der Waals surface area contributed by atoms with Gasteiger partial charge in [0.2, 0.25) is 0 Å². The molecule has 1 saturated heterocycles. The number of aliphatic carboxylic acids is 2. The number of hydrogen-bond acceptors (Lipinski definition) is 4. The van der Waals surface area contributed by atoms with Crippen LogP contribution in [0.3, 0.4) is 0 Å². The molecule has 7 heteroatoms. The number of nitrogens with one attached hydrogen (secondary N) is 1. The second-order valence-electron chi connectivity index (χ2n) is 7.39. The molecule has 0 amide bonds. The van der Waals surface area contributed by atoms with Crippen LogP contribution in [0.25, 0.3) is 0 Å². The molecule has 0 aliphatic carbocycles. The molecule has 26 heavy (non-hydrogen) atoms. The van der Waals surface area contributed by atoms with E-state index >= 15 is 0 Å². The van der Waals surface area contributed by atoms with Gasteiger partial charge in [-0.15, -0.1) is 0 Å². The van der Waals surface area contributed by atoms with Crippen molar-refractivity contribution in [3.8, 4) is 0 Å². The van der Waals surface area contributed by atoms with Gasteiger partial charge in [0, 0.05) is 29.9 Å². The summed E-state index contributed by atoms with van der Waals surface area (Å²) in [6, 6.07) is 8.48. The maximum absolute atomic E-state index is 12.7. The molecule has 0 saturated carbocycles. The van der Waals surface area contributed by atoms with Gasteiger partial charge in [0.1, 0.15) is 0 Å². The van der Waals surface area contributed by atoms with Crippen molar-refractivity contribution >= 4 is 11.9 Å². The molecular formula is C19H23N3O4. The Morgan fingerprint density at radius 3 is 2.35 bits per heavy atom. The Labute approximate surface area is 151 Å². The van der Waals surface area contributed by atoms with Gasteiger partial charge in [0.05, 0.1) is 12.2 Å². The molecule has 2 aromatic rings. The van der Waals surface area contributed by atoms with Crippen molar-refractivity contribution < 1.29 is 19.8 Å². The van der Waals surface area contributed by atoms with Crippen molar-refractivity contribution in [3.05, 3.63) is 54.6 Å². The van der Waals surface area contributed by atoms with E-state index in [1.165, 1.54) is 17.1 Å². The van der Waals surface area contributed by atoms with Crippen molar-refractivity contribution in [2.75, 3.05) is 0 Å². The Bertz CT molecular complexity index is 803. The molecule has 3 rings (SSSR count). The summed E-state index contributed by atoms with van der Waals surface area (Å²) in [6.45, 7) is 5.39. The third kappa shape index (κ3) is 2.50. The SMILES string of the molecule is CC1NC(C)(C)C(C(=O)O)C(c2ccccc2)C1(C(=O)O)n1ccnc1. The van der Waals surface area contributed by atoms with Crippen molar-refractivity contribution in [3.63, 3.8) is 0 Å². The van der Waals surface area contributed by atoms with E-state index < -0.39 is 40.9 Å². The van der Waals surface area contributed by atoms with E-state index in [-0.39, 0.29) is 0 Å². The lowest BCUT2D eigenvalue weighted by atomic mass is 9.59. The number of piperidine rings is 1. The van der Waals surface area contributed by atoms with Crippen molar-refractivity contribution in [1.29, 1.82) is 0 Å². The highest BCUT2D eigenvalue weighted by Gasteiger charge is 2.63. The van der Waals surface area contributed by atoms with E-state index in [0.29, 0.717) is 5.56 Å². The van der Waals surface area contributed by atoms with E-state index in [0.717, 1.165) is 0 Å². The monoisotopic (exact) mass is 357 g/mol. The Morgan fingerprint density at radius 1 is 1.19 bits per heavy atom.